The van der Waals surface area contributed by atoms with Crippen LogP contribution in [-0.2, 0) is 16.0 Å². The molecule has 0 saturated carbocycles. The number of benzene rings is 1. The third-order valence-electron chi connectivity index (χ3n) is 3.34. The molecule has 1 aromatic heterocycles. The predicted octanol–water partition coefficient (Wildman–Crippen LogP) is 2.53. The first kappa shape index (κ1) is 17.1. The normalized spacial score (nSPS) is 13.7. The molecule has 0 aliphatic rings. The Labute approximate surface area is 136 Å². The van der Waals surface area contributed by atoms with Gasteiger partial charge in [-0.1, -0.05) is 49.3 Å². The van der Waals surface area contributed by atoms with Gasteiger partial charge in [0.05, 0.1) is 6.04 Å². The first-order valence-electron chi connectivity index (χ1n) is 7.78. The number of nitrogens with one attached hydrogen (secondary N) is 1. The fourth-order valence-corrected chi connectivity index (χ4v) is 2.09. The number of carbonyl (C=O) groups excluding carboxylic acids is 1. The third-order valence-corrected chi connectivity index (χ3v) is 3.34. The number of amides is 1. The molecular formula is C17H23N3O3. The highest BCUT2D eigenvalue weighted by molar-refractivity contribution is 5.80. The topological polar surface area (TPSA) is 77.2 Å². The molecule has 1 aromatic carbocycles. The second-order valence-corrected chi connectivity index (χ2v) is 5.91. The standard InChI is InChI=1S/C17H23N3O3/c1-12(2)10-22-13(3)17(21)19-15(16-18-11-23-20-16)9-14-7-5-4-6-8-14/h4-8,11-13,15H,9-10H2,1-3H3,(H,19,21)/t13-,15+/m1/s1. The van der Waals surface area contributed by atoms with Crippen molar-refractivity contribution in [2.24, 2.45) is 5.92 Å². The van der Waals surface area contributed by atoms with Crippen LogP contribution in [0.1, 0.15) is 38.2 Å². The van der Waals surface area contributed by atoms with Crippen molar-refractivity contribution in [3.63, 3.8) is 0 Å². The molecule has 1 amide bonds. The summed E-state index contributed by atoms with van der Waals surface area (Å²) in [7, 11) is 0. The summed E-state index contributed by atoms with van der Waals surface area (Å²) in [6.45, 7) is 6.37. The van der Waals surface area contributed by atoms with Crippen molar-refractivity contribution in [1.29, 1.82) is 0 Å². The number of carbonyl (C=O) groups is 1. The summed E-state index contributed by atoms with van der Waals surface area (Å²) < 4.78 is 10.4. The lowest BCUT2D eigenvalue weighted by Gasteiger charge is -2.19. The van der Waals surface area contributed by atoms with E-state index in [2.05, 4.69) is 15.5 Å². The average Bonchev–Trinajstić information content (AvgIpc) is 3.07. The molecule has 6 nitrogen and oxygen atoms in total. The van der Waals surface area contributed by atoms with Crippen molar-refractivity contribution in [3.05, 3.63) is 48.1 Å². The molecule has 6 heteroatoms. The highest BCUT2D eigenvalue weighted by atomic mass is 16.5. The van der Waals surface area contributed by atoms with E-state index in [9.17, 15) is 4.79 Å². The largest absolute Gasteiger partial charge is 0.368 e. The van der Waals surface area contributed by atoms with Crippen LogP contribution in [-0.4, -0.2) is 28.8 Å². The molecule has 0 radical (unpaired) electrons. The van der Waals surface area contributed by atoms with Crippen LogP contribution in [0.2, 0.25) is 0 Å². The van der Waals surface area contributed by atoms with Crippen molar-refractivity contribution in [1.82, 2.24) is 15.5 Å². The maximum atomic E-state index is 12.3. The first-order chi connectivity index (χ1) is 11.1. The maximum Gasteiger partial charge on any atom is 0.249 e. The lowest BCUT2D eigenvalue weighted by Crippen LogP contribution is -2.38. The molecule has 124 valence electrons. The molecule has 0 unspecified atom stereocenters. The van der Waals surface area contributed by atoms with Gasteiger partial charge in [-0.05, 0) is 18.4 Å². The minimum atomic E-state index is -0.525. The van der Waals surface area contributed by atoms with Gasteiger partial charge in [-0.25, -0.2) is 0 Å². The van der Waals surface area contributed by atoms with Crippen LogP contribution in [0.3, 0.4) is 0 Å². The van der Waals surface area contributed by atoms with Crippen LogP contribution in [0.5, 0.6) is 0 Å². The molecular weight excluding hydrogens is 294 g/mol. The van der Waals surface area contributed by atoms with Gasteiger partial charge in [0.25, 0.3) is 0 Å². The zero-order valence-electron chi connectivity index (χ0n) is 13.7. The van der Waals surface area contributed by atoms with Crippen LogP contribution >= 0.6 is 0 Å². The second kappa shape index (κ2) is 8.43. The van der Waals surface area contributed by atoms with Crippen molar-refractivity contribution in [3.8, 4) is 0 Å². The highest BCUT2D eigenvalue weighted by Crippen LogP contribution is 2.15. The lowest BCUT2D eigenvalue weighted by molar-refractivity contribution is -0.133. The number of aromatic nitrogens is 2. The van der Waals surface area contributed by atoms with E-state index in [1.165, 1.54) is 6.39 Å². The van der Waals surface area contributed by atoms with Crippen molar-refractivity contribution in [2.45, 2.75) is 39.3 Å². The second-order valence-electron chi connectivity index (χ2n) is 5.91. The summed E-state index contributed by atoms with van der Waals surface area (Å²) in [6.07, 6.45) is 1.32. The number of nitrogens with zero attached hydrogens (tertiary/aromatic N) is 2. The summed E-state index contributed by atoms with van der Waals surface area (Å²) in [5.74, 6) is 0.650. The average molecular weight is 317 g/mol. The van der Waals surface area contributed by atoms with E-state index in [1.54, 1.807) is 6.92 Å². The molecule has 2 rings (SSSR count). The fraction of sp³-hybridized carbons (Fsp3) is 0.471. The Morgan fingerprint density at radius 1 is 1.26 bits per heavy atom. The van der Waals surface area contributed by atoms with E-state index in [0.29, 0.717) is 24.8 Å². The Bertz CT molecular complexity index is 584. The summed E-state index contributed by atoms with van der Waals surface area (Å²) in [6, 6.07) is 9.51. The zero-order valence-corrected chi connectivity index (χ0v) is 13.7. The molecule has 1 N–H and O–H groups in total. The minimum absolute atomic E-state index is 0.184. The number of ether oxygens (including phenoxy) is 1. The quantitative estimate of drug-likeness (QED) is 0.809. The van der Waals surface area contributed by atoms with Gasteiger partial charge < -0.3 is 14.6 Å². The molecule has 1 heterocycles. The van der Waals surface area contributed by atoms with E-state index in [-0.39, 0.29) is 11.9 Å². The van der Waals surface area contributed by atoms with Gasteiger partial charge in [-0.2, -0.15) is 4.98 Å². The first-order valence-corrected chi connectivity index (χ1v) is 7.78. The number of rotatable bonds is 8. The van der Waals surface area contributed by atoms with E-state index >= 15 is 0 Å². The van der Waals surface area contributed by atoms with Gasteiger partial charge in [0.2, 0.25) is 12.3 Å². The molecule has 0 saturated heterocycles. The molecule has 0 spiro atoms. The minimum Gasteiger partial charge on any atom is -0.368 e. The van der Waals surface area contributed by atoms with E-state index < -0.39 is 6.10 Å². The summed E-state index contributed by atoms with van der Waals surface area (Å²) >= 11 is 0. The monoisotopic (exact) mass is 317 g/mol. The van der Waals surface area contributed by atoms with E-state index in [4.69, 9.17) is 9.26 Å². The van der Waals surface area contributed by atoms with Gasteiger partial charge in [0.15, 0.2) is 5.82 Å². The van der Waals surface area contributed by atoms with Gasteiger partial charge in [-0.15, -0.1) is 0 Å². The molecule has 0 aliphatic heterocycles. The van der Waals surface area contributed by atoms with Crippen LogP contribution in [0.25, 0.3) is 0 Å². The molecule has 0 bridgehead atoms. The van der Waals surface area contributed by atoms with Crippen LogP contribution in [0.15, 0.2) is 41.2 Å². The number of hydrogen-bond donors (Lipinski definition) is 1. The van der Waals surface area contributed by atoms with Gasteiger partial charge in [0.1, 0.15) is 6.10 Å². The Morgan fingerprint density at radius 3 is 2.61 bits per heavy atom. The van der Waals surface area contributed by atoms with Crippen LogP contribution in [0.4, 0.5) is 0 Å². The van der Waals surface area contributed by atoms with Crippen LogP contribution < -0.4 is 5.32 Å². The smallest absolute Gasteiger partial charge is 0.249 e. The molecule has 0 aliphatic carbocycles. The Kier molecular flexibility index (Phi) is 6.29. The van der Waals surface area contributed by atoms with E-state index in [1.807, 2.05) is 44.2 Å². The number of hydrogen-bond acceptors (Lipinski definition) is 5. The summed E-state index contributed by atoms with van der Waals surface area (Å²) in [5, 5.41) is 6.80. The highest BCUT2D eigenvalue weighted by Gasteiger charge is 2.23. The van der Waals surface area contributed by atoms with Gasteiger partial charge in [-0.3, -0.25) is 4.79 Å². The van der Waals surface area contributed by atoms with Crippen LogP contribution in [0, 0.1) is 5.92 Å². The summed E-state index contributed by atoms with van der Waals surface area (Å²) in [5.41, 5.74) is 1.08. The molecule has 2 atom stereocenters. The SMILES string of the molecule is CC(C)CO[C@H](C)C(=O)N[C@@H](Cc1ccccc1)c1ncon1. The Morgan fingerprint density at radius 2 is 2.00 bits per heavy atom. The van der Waals surface area contributed by atoms with Crippen molar-refractivity contribution in [2.75, 3.05) is 6.61 Å². The predicted molar refractivity (Wildman–Crippen MR) is 85.6 cm³/mol. The Balaban J connectivity index is 2.02. The summed E-state index contributed by atoms with van der Waals surface area (Å²) in [4.78, 5) is 16.4. The Hall–Kier alpha value is -2.21. The maximum absolute atomic E-state index is 12.3. The molecule has 2 aromatic rings. The van der Waals surface area contributed by atoms with Gasteiger partial charge >= 0.3 is 0 Å². The lowest BCUT2D eigenvalue weighted by atomic mass is 10.1. The zero-order chi connectivity index (χ0) is 16.7. The molecule has 0 fully saturated rings. The third kappa shape index (κ3) is 5.49. The van der Waals surface area contributed by atoms with E-state index in [0.717, 1.165) is 5.56 Å². The van der Waals surface area contributed by atoms with Crippen molar-refractivity contribution >= 4 is 5.91 Å². The van der Waals surface area contributed by atoms with Gasteiger partial charge in [0, 0.05) is 13.0 Å². The van der Waals surface area contributed by atoms with Crippen molar-refractivity contribution < 1.29 is 14.1 Å². The molecule has 23 heavy (non-hydrogen) atoms. The fourth-order valence-electron chi connectivity index (χ4n) is 2.09.